The highest BCUT2D eigenvalue weighted by Gasteiger charge is 2.22. The topological polar surface area (TPSA) is 29.3 Å². The van der Waals surface area contributed by atoms with Crippen LogP contribution in [0.2, 0.25) is 0 Å². The Hall–Kier alpha value is -0.870. The summed E-state index contributed by atoms with van der Waals surface area (Å²) in [5.41, 5.74) is 1.23. The fourth-order valence-corrected chi connectivity index (χ4v) is 3.50. The van der Waals surface area contributed by atoms with Crippen molar-refractivity contribution in [2.75, 3.05) is 6.54 Å². The molecule has 0 radical (unpaired) electrons. The van der Waals surface area contributed by atoms with Gasteiger partial charge in [-0.1, -0.05) is 26.2 Å². The number of fused-ring (bicyclic) bond motifs is 1. The summed E-state index contributed by atoms with van der Waals surface area (Å²) in [5, 5.41) is 5.71. The van der Waals surface area contributed by atoms with Crippen molar-refractivity contribution in [3.8, 4) is 0 Å². The summed E-state index contributed by atoms with van der Waals surface area (Å²) in [5.74, 6) is 0.956. The van der Waals surface area contributed by atoms with Crippen LogP contribution < -0.4 is 5.32 Å². The van der Waals surface area contributed by atoms with Gasteiger partial charge in [-0.05, 0) is 18.9 Å². The maximum absolute atomic E-state index is 4.69. The molecule has 0 spiro atoms. The Bertz CT molecular complexity index is 469. The third kappa shape index (κ3) is 2.59. The van der Waals surface area contributed by atoms with Crippen LogP contribution in [0.4, 0.5) is 0 Å². The van der Waals surface area contributed by atoms with Gasteiger partial charge in [-0.3, -0.25) is 4.40 Å². The predicted molar refractivity (Wildman–Crippen MR) is 76.2 cm³/mol. The largest absolute Gasteiger partial charge is 0.314 e. The Morgan fingerprint density at radius 3 is 3.11 bits per heavy atom. The van der Waals surface area contributed by atoms with Crippen molar-refractivity contribution in [2.24, 2.45) is 5.92 Å². The van der Waals surface area contributed by atoms with E-state index in [1.807, 2.05) is 0 Å². The molecule has 1 N–H and O–H groups in total. The molecule has 18 heavy (non-hydrogen) atoms. The molecule has 0 bridgehead atoms. The Morgan fingerprint density at radius 1 is 1.56 bits per heavy atom. The minimum atomic E-state index is 0.602. The lowest BCUT2D eigenvalue weighted by Crippen LogP contribution is -2.34. The monoisotopic (exact) mass is 263 g/mol. The average Bonchev–Trinajstić information content (AvgIpc) is 2.83. The first kappa shape index (κ1) is 12.2. The van der Waals surface area contributed by atoms with Gasteiger partial charge in [0.05, 0.1) is 5.69 Å². The Morgan fingerprint density at radius 2 is 2.44 bits per heavy atom. The third-order valence-corrected chi connectivity index (χ3v) is 4.70. The maximum Gasteiger partial charge on any atom is 0.193 e. The van der Waals surface area contributed by atoms with E-state index in [1.54, 1.807) is 11.3 Å². The van der Waals surface area contributed by atoms with Crippen molar-refractivity contribution in [3.05, 3.63) is 23.5 Å². The number of thiazole rings is 1. The molecule has 98 valence electrons. The van der Waals surface area contributed by atoms with Gasteiger partial charge in [0.25, 0.3) is 0 Å². The summed E-state index contributed by atoms with van der Waals surface area (Å²) >= 11 is 1.71. The zero-order chi connectivity index (χ0) is 12.4. The van der Waals surface area contributed by atoms with Crippen LogP contribution in [0.15, 0.2) is 17.8 Å². The van der Waals surface area contributed by atoms with Gasteiger partial charge in [0.2, 0.25) is 0 Å². The lowest BCUT2D eigenvalue weighted by atomic mass is 9.80. The Balaban J connectivity index is 1.64. The molecule has 0 aromatic carbocycles. The highest BCUT2D eigenvalue weighted by Crippen LogP contribution is 2.31. The lowest BCUT2D eigenvalue weighted by Gasteiger charge is -2.29. The zero-order valence-corrected chi connectivity index (χ0v) is 11.7. The van der Waals surface area contributed by atoms with Crippen LogP contribution in [0.3, 0.4) is 0 Å². The number of imidazole rings is 1. The molecule has 1 atom stereocenters. The van der Waals surface area contributed by atoms with E-state index in [4.69, 9.17) is 0 Å². The number of likely N-dealkylation sites (N-methyl/N-ethyl adjacent to an activating group) is 1. The van der Waals surface area contributed by atoms with E-state index >= 15 is 0 Å². The smallest absolute Gasteiger partial charge is 0.193 e. The fourth-order valence-electron chi connectivity index (χ4n) is 2.79. The molecule has 3 rings (SSSR count). The number of rotatable bonds is 6. The summed E-state index contributed by atoms with van der Waals surface area (Å²) < 4.78 is 2.13. The van der Waals surface area contributed by atoms with Gasteiger partial charge in [0, 0.05) is 30.2 Å². The van der Waals surface area contributed by atoms with Crippen molar-refractivity contribution >= 4 is 16.3 Å². The quantitative estimate of drug-likeness (QED) is 0.867. The first-order valence-electron chi connectivity index (χ1n) is 6.99. The summed E-state index contributed by atoms with van der Waals surface area (Å²) in [6, 6.07) is 0.602. The van der Waals surface area contributed by atoms with Crippen LogP contribution in [-0.2, 0) is 6.42 Å². The molecule has 0 amide bonds. The van der Waals surface area contributed by atoms with Gasteiger partial charge in [0.15, 0.2) is 4.96 Å². The Kier molecular flexibility index (Phi) is 3.66. The molecular formula is C14H21N3S. The van der Waals surface area contributed by atoms with Crippen molar-refractivity contribution in [2.45, 2.75) is 45.1 Å². The second-order valence-electron chi connectivity index (χ2n) is 5.32. The van der Waals surface area contributed by atoms with Crippen LogP contribution in [-0.4, -0.2) is 22.0 Å². The van der Waals surface area contributed by atoms with E-state index in [1.165, 1.54) is 31.4 Å². The van der Waals surface area contributed by atoms with E-state index in [0.717, 1.165) is 23.8 Å². The van der Waals surface area contributed by atoms with Gasteiger partial charge in [-0.15, -0.1) is 11.3 Å². The summed E-state index contributed by atoms with van der Waals surface area (Å²) in [6.45, 7) is 3.25. The van der Waals surface area contributed by atoms with Gasteiger partial charge in [0.1, 0.15) is 0 Å². The number of nitrogens with one attached hydrogen (secondary N) is 1. The number of hydrogen-bond acceptors (Lipinski definition) is 3. The first-order chi connectivity index (χ1) is 8.85. The predicted octanol–water partition coefficient (Wildman–Crippen LogP) is 3.11. The molecule has 0 saturated heterocycles. The van der Waals surface area contributed by atoms with Crippen molar-refractivity contribution in [1.29, 1.82) is 0 Å². The molecule has 1 aliphatic rings. The molecule has 3 nitrogen and oxygen atoms in total. The molecule has 1 saturated carbocycles. The van der Waals surface area contributed by atoms with Crippen LogP contribution in [0.5, 0.6) is 0 Å². The number of nitrogens with zero attached hydrogens (tertiary/aromatic N) is 2. The normalized spacial score (nSPS) is 18.1. The van der Waals surface area contributed by atoms with Gasteiger partial charge < -0.3 is 5.32 Å². The minimum absolute atomic E-state index is 0.602. The van der Waals surface area contributed by atoms with E-state index in [-0.39, 0.29) is 0 Å². The number of hydrogen-bond donors (Lipinski definition) is 1. The van der Waals surface area contributed by atoms with Gasteiger partial charge in [-0.25, -0.2) is 4.98 Å². The fraction of sp³-hybridized carbons (Fsp3) is 0.643. The first-order valence-corrected chi connectivity index (χ1v) is 7.87. The summed E-state index contributed by atoms with van der Waals surface area (Å²) in [6.07, 6.45) is 10.9. The second kappa shape index (κ2) is 5.41. The molecule has 2 aromatic heterocycles. The van der Waals surface area contributed by atoms with Crippen LogP contribution >= 0.6 is 11.3 Å². The molecular weight excluding hydrogens is 242 g/mol. The molecule has 2 aromatic rings. The van der Waals surface area contributed by atoms with Crippen LogP contribution in [0, 0.1) is 5.92 Å². The average molecular weight is 263 g/mol. The summed E-state index contributed by atoms with van der Waals surface area (Å²) in [4.78, 5) is 5.80. The molecule has 2 heterocycles. The molecule has 4 heteroatoms. The van der Waals surface area contributed by atoms with Crippen LogP contribution in [0.25, 0.3) is 4.96 Å². The van der Waals surface area contributed by atoms with Crippen molar-refractivity contribution in [3.63, 3.8) is 0 Å². The lowest BCUT2D eigenvalue weighted by molar-refractivity contribution is 0.259. The SMILES string of the molecule is CCNC(Cc1cn2ccsc2n1)CC1CCC1. The van der Waals surface area contributed by atoms with Crippen LogP contribution in [0.1, 0.15) is 38.3 Å². The zero-order valence-electron chi connectivity index (χ0n) is 10.9. The van der Waals surface area contributed by atoms with E-state index < -0.39 is 0 Å². The molecule has 1 aliphatic carbocycles. The highest BCUT2D eigenvalue weighted by molar-refractivity contribution is 7.15. The number of aromatic nitrogens is 2. The maximum atomic E-state index is 4.69. The van der Waals surface area contributed by atoms with Gasteiger partial charge in [-0.2, -0.15) is 0 Å². The molecule has 0 aliphatic heterocycles. The summed E-state index contributed by atoms with van der Waals surface area (Å²) in [7, 11) is 0. The van der Waals surface area contributed by atoms with E-state index in [0.29, 0.717) is 6.04 Å². The van der Waals surface area contributed by atoms with Crippen molar-refractivity contribution in [1.82, 2.24) is 14.7 Å². The van der Waals surface area contributed by atoms with E-state index in [9.17, 15) is 0 Å². The van der Waals surface area contributed by atoms with E-state index in [2.05, 4.69) is 39.4 Å². The minimum Gasteiger partial charge on any atom is -0.314 e. The van der Waals surface area contributed by atoms with Crippen molar-refractivity contribution < 1.29 is 0 Å². The second-order valence-corrected chi connectivity index (χ2v) is 6.19. The van der Waals surface area contributed by atoms with Gasteiger partial charge >= 0.3 is 0 Å². The highest BCUT2D eigenvalue weighted by atomic mass is 32.1. The molecule has 1 unspecified atom stereocenters. The third-order valence-electron chi connectivity index (χ3n) is 3.93. The molecule has 1 fully saturated rings. The Labute approximate surface area is 112 Å². The standard InChI is InChI=1S/C14H21N3S/c1-2-15-12(8-11-4-3-5-11)9-13-10-17-6-7-18-14(17)16-13/h6-7,10-12,15H,2-5,8-9H2,1H3.